The summed E-state index contributed by atoms with van der Waals surface area (Å²) in [5.41, 5.74) is 9.90. The lowest BCUT2D eigenvalue weighted by Crippen LogP contribution is -2.41. The van der Waals surface area contributed by atoms with Gasteiger partial charge < -0.3 is 14.9 Å². The average molecular weight is 476 g/mol. The zero-order valence-electron chi connectivity index (χ0n) is 18.4. The summed E-state index contributed by atoms with van der Waals surface area (Å²) in [5.74, 6) is 0. The average Bonchev–Trinajstić information content (AvgIpc) is 3.44. The van der Waals surface area contributed by atoms with E-state index in [9.17, 15) is 4.79 Å². The molecule has 0 amide bonds. The number of hydrogen-bond donors (Lipinski definition) is 1. The van der Waals surface area contributed by atoms with Crippen LogP contribution in [0, 0.1) is 6.92 Å². The maximum absolute atomic E-state index is 12.7. The Morgan fingerprint density at radius 2 is 1.82 bits per heavy atom. The van der Waals surface area contributed by atoms with E-state index < -0.39 is 5.54 Å². The molecule has 8 heteroatoms. The molecule has 0 aliphatic carbocycles. The normalized spacial score (nSPS) is 13.4. The molecule has 166 valence electrons. The summed E-state index contributed by atoms with van der Waals surface area (Å²) in [6.45, 7) is 2.05. The summed E-state index contributed by atoms with van der Waals surface area (Å²) in [6, 6.07) is 15.2. The van der Waals surface area contributed by atoms with Crippen molar-refractivity contribution < 1.29 is 0 Å². The van der Waals surface area contributed by atoms with Gasteiger partial charge in [0.15, 0.2) is 0 Å². The molecule has 0 fully saturated rings. The monoisotopic (exact) mass is 475 g/mol. The molecular weight excluding hydrogens is 454 g/mol. The lowest BCUT2D eigenvalue weighted by molar-refractivity contribution is 0.579. The minimum Gasteiger partial charge on any atom is -0.335 e. The first-order valence-electron chi connectivity index (χ1n) is 10.4. The predicted molar refractivity (Wildman–Crippen MR) is 134 cm³/mol. The van der Waals surface area contributed by atoms with Crippen molar-refractivity contribution in [2.24, 2.45) is 19.8 Å². The Morgan fingerprint density at radius 3 is 2.45 bits per heavy atom. The number of aryl methyl sites for hydroxylation is 3. The highest BCUT2D eigenvalue weighted by Gasteiger charge is 2.36. The van der Waals surface area contributed by atoms with Gasteiger partial charge in [-0.05, 0) is 42.8 Å². The maximum atomic E-state index is 12.7. The molecule has 5 aromatic rings. The van der Waals surface area contributed by atoms with Crippen LogP contribution in [0.15, 0.2) is 72.0 Å². The number of imidazole rings is 1. The molecule has 0 saturated heterocycles. The number of benzene rings is 1. The zero-order chi connectivity index (χ0) is 23.3. The second kappa shape index (κ2) is 7.95. The van der Waals surface area contributed by atoms with Crippen molar-refractivity contribution in [2.75, 3.05) is 0 Å². The molecule has 0 spiro atoms. The molecule has 33 heavy (non-hydrogen) atoms. The first-order valence-corrected chi connectivity index (χ1v) is 11.6. The molecule has 0 bridgehead atoms. The number of hydrogen-bond acceptors (Lipinski definition) is 5. The van der Waals surface area contributed by atoms with Crippen LogP contribution in [-0.2, 0) is 19.6 Å². The van der Waals surface area contributed by atoms with Gasteiger partial charge in [0.25, 0.3) is 5.56 Å². The van der Waals surface area contributed by atoms with Crippen molar-refractivity contribution in [1.29, 1.82) is 0 Å². The molecular formula is C25H22ClN5OS. The lowest BCUT2D eigenvalue weighted by Gasteiger charge is -2.30. The third-order valence-electron chi connectivity index (χ3n) is 6.06. The van der Waals surface area contributed by atoms with E-state index in [1.807, 2.05) is 48.0 Å². The quantitative estimate of drug-likeness (QED) is 0.411. The first kappa shape index (κ1) is 21.6. The van der Waals surface area contributed by atoms with E-state index in [4.69, 9.17) is 22.3 Å². The summed E-state index contributed by atoms with van der Waals surface area (Å²) in [4.78, 5) is 24.0. The van der Waals surface area contributed by atoms with Gasteiger partial charge >= 0.3 is 0 Å². The Bertz CT molecular complexity index is 1550. The molecule has 1 aromatic carbocycles. The number of aromatic nitrogens is 4. The van der Waals surface area contributed by atoms with E-state index in [1.54, 1.807) is 47.7 Å². The fourth-order valence-corrected chi connectivity index (χ4v) is 5.25. The molecule has 0 saturated carbocycles. The summed E-state index contributed by atoms with van der Waals surface area (Å²) in [6.07, 6.45) is 5.20. The third-order valence-corrected chi connectivity index (χ3v) is 7.35. The molecule has 2 N–H and O–H groups in total. The van der Waals surface area contributed by atoms with E-state index in [2.05, 4.69) is 18.0 Å². The van der Waals surface area contributed by atoms with Gasteiger partial charge in [-0.15, -0.1) is 11.3 Å². The Hall–Kier alpha value is -3.26. The SMILES string of the molecule is Cc1ccc(-c2cc(=O)n(C)c3cnc([C@](N)(c4ccc(Cl)cc4)c4cncn4C)cc23)s1. The first-order chi connectivity index (χ1) is 15.8. The van der Waals surface area contributed by atoms with Gasteiger partial charge in [-0.3, -0.25) is 9.78 Å². The highest BCUT2D eigenvalue weighted by molar-refractivity contribution is 7.15. The summed E-state index contributed by atoms with van der Waals surface area (Å²) < 4.78 is 3.51. The number of fused-ring (bicyclic) bond motifs is 1. The summed E-state index contributed by atoms with van der Waals surface area (Å²) in [5, 5.41) is 1.54. The molecule has 5 rings (SSSR count). The van der Waals surface area contributed by atoms with Crippen LogP contribution in [-0.4, -0.2) is 19.1 Å². The Kier molecular flexibility index (Phi) is 5.20. The molecule has 4 heterocycles. The molecule has 4 aromatic heterocycles. The lowest BCUT2D eigenvalue weighted by atomic mass is 9.83. The van der Waals surface area contributed by atoms with Gasteiger partial charge in [0.2, 0.25) is 0 Å². The molecule has 6 nitrogen and oxygen atoms in total. The van der Waals surface area contributed by atoms with Gasteiger partial charge in [0, 0.05) is 45.9 Å². The number of pyridine rings is 2. The maximum Gasteiger partial charge on any atom is 0.251 e. The van der Waals surface area contributed by atoms with Crippen molar-refractivity contribution in [2.45, 2.75) is 12.5 Å². The van der Waals surface area contributed by atoms with Crippen molar-refractivity contribution in [3.63, 3.8) is 0 Å². The Balaban J connectivity index is 1.83. The third kappa shape index (κ3) is 3.49. The van der Waals surface area contributed by atoms with E-state index in [-0.39, 0.29) is 5.56 Å². The minimum atomic E-state index is -1.08. The highest BCUT2D eigenvalue weighted by atomic mass is 35.5. The Morgan fingerprint density at radius 1 is 1.06 bits per heavy atom. The number of thiophene rings is 1. The number of halogens is 1. The second-order valence-corrected chi connectivity index (χ2v) is 9.88. The molecule has 0 unspecified atom stereocenters. The van der Waals surface area contributed by atoms with Gasteiger partial charge in [0.1, 0.15) is 5.54 Å². The van der Waals surface area contributed by atoms with Crippen LogP contribution in [0.25, 0.3) is 21.3 Å². The van der Waals surface area contributed by atoms with Crippen molar-refractivity contribution >= 4 is 33.8 Å². The molecule has 1 atom stereocenters. The van der Waals surface area contributed by atoms with Gasteiger partial charge in [-0.25, -0.2) is 4.98 Å². The van der Waals surface area contributed by atoms with E-state index in [1.165, 1.54) is 4.88 Å². The fourth-order valence-electron chi connectivity index (χ4n) is 4.22. The number of nitrogens with zero attached hydrogens (tertiary/aromatic N) is 4. The zero-order valence-corrected chi connectivity index (χ0v) is 20.0. The van der Waals surface area contributed by atoms with E-state index in [0.29, 0.717) is 10.7 Å². The minimum absolute atomic E-state index is 0.0820. The standard InChI is InChI=1S/C25H22ClN5OS/c1-15-4-9-21(33-15)19-11-24(32)31(3)20-12-29-22(10-18(19)20)25(27,23-13-28-14-30(23)2)16-5-7-17(26)8-6-16/h4-14H,27H2,1-3H3/t25-/m1/s1. The van der Waals surface area contributed by atoms with Crippen LogP contribution in [0.4, 0.5) is 0 Å². The van der Waals surface area contributed by atoms with Crippen molar-refractivity contribution in [3.05, 3.63) is 104 Å². The largest absolute Gasteiger partial charge is 0.335 e. The van der Waals surface area contributed by atoms with Crippen LogP contribution in [0.1, 0.15) is 21.8 Å². The number of rotatable bonds is 4. The van der Waals surface area contributed by atoms with Crippen molar-refractivity contribution in [1.82, 2.24) is 19.1 Å². The molecule has 0 radical (unpaired) electrons. The van der Waals surface area contributed by atoms with Gasteiger partial charge in [0.05, 0.1) is 35.6 Å². The van der Waals surface area contributed by atoms with Crippen LogP contribution in [0.5, 0.6) is 0 Å². The summed E-state index contributed by atoms with van der Waals surface area (Å²) >= 11 is 7.81. The summed E-state index contributed by atoms with van der Waals surface area (Å²) in [7, 11) is 3.66. The predicted octanol–water partition coefficient (Wildman–Crippen LogP) is 4.61. The molecule has 0 aliphatic heterocycles. The number of nitrogens with two attached hydrogens (primary N) is 1. The fraction of sp³-hybridized carbons (Fsp3) is 0.160. The van der Waals surface area contributed by atoms with Gasteiger partial charge in [-0.2, -0.15) is 0 Å². The highest BCUT2D eigenvalue weighted by Crippen LogP contribution is 2.37. The topological polar surface area (TPSA) is 78.7 Å². The van der Waals surface area contributed by atoms with Crippen LogP contribution in [0.3, 0.4) is 0 Å². The Labute approximate surface area is 199 Å². The van der Waals surface area contributed by atoms with Crippen LogP contribution < -0.4 is 11.3 Å². The van der Waals surface area contributed by atoms with E-state index >= 15 is 0 Å². The second-order valence-electron chi connectivity index (χ2n) is 8.16. The van der Waals surface area contributed by atoms with Crippen molar-refractivity contribution in [3.8, 4) is 10.4 Å². The van der Waals surface area contributed by atoms with Crippen LogP contribution in [0.2, 0.25) is 5.02 Å². The van der Waals surface area contributed by atoms with Crippen LogP contribution >= 0.6 is 22.9 Å². The smallest absolute Gasteiger partial charge is 0.251 e. The molecule has 0 aliphatic rings. The van der Waals surface area contributed by atoms with E-state index in [0.717, 1.165) is 32.6 Å². The van der Waals surface area contributed by atoms with Gasteiger partial charge in [-0.1, -0.05) is 23.7 Å².